The van der Waals surface area contributed by atoms with Gasteiger partial charge < -0.3 is 5.32 Å². The first-order valence-electron chi connectivity index (χ1n) is 4.91. The molecule has 98 valence electrons. The maximum Gasteiger partial charge on any atom is 0.275 e. The van der Waals surface area contributed by atoms with E-state index in [1.54, 1.807) is 0 Å². The summed E-state index contributed by atoms with van der Waals surface area (Å²) < 4.78 is 3.06. The van der Waals surface area contributed by atoms with E-state index in [0.717, 1.165) is 16.4 Å². The van der Waals surface area contributed by atoms with Crippen molar-refractivity contribution in [1.29, 1.82) is 0 Å². The summed E-state index contributed by atoms with van der Waals surface area (Å²) in [4.78, 5) is 19.9. The predicted octanol–water partition coefficient (Wildman–Crippen LogP) is 4.20. The van der Waals surface area contributed by atoms with Crippen LogP contribution in [0.4, 0.5) is 5.69 Å². The Morgan fingerprint density at radius 1 is 1.16 bits per heavy atom. The van der Waals surface area contributed by atoms with Crippen molar-refractivity contribution in [2.45, 2.75) is 0 Å². The zero-order valence-electron chi connectivity index (χ0n) is 9.12. The van der Waals surface area contributed by atoms with E-state index in [2.05, 4.69) is 83.1 Å². The van der Waals surface area contributed by atoms with E-state index in [1.807, 2.05) is 12.1 Å². The normalized spacial score (nSPS) is 10.3. The molecule has 2 aromatic rings. The Kier molecular flexibility index (Phi) is 5.60. The third-order valence-electron chi connectivity index (χ3n) is 2.08. The average Bonchev–Trinajstić information content (AvgIpc) is 2.33. The van der Waals surface area contributed by atoms with Crippen molar-refractivity contribution < 1.29 is 4.79 Å². The van der Waals surface area contributed by atoms with Crippen LogP contribution in [0.1, 0.15) is 10.5 Å². The number of hydrogen-bond donors (Lipinski definition) is 1. The molecule has 0 fully saturated rings. The second kappa shape index (κ2) is 6.80. The SMILES string of the molecule is O=C(Nc1c(I)cc(I)cc1I)c1cncc(Cl)n1. The van der Waals surface area contributed by atoms with Crippen LogP contribution < -0.4 is 5.32 Å². The van der Waals surface area contributed by atoms with Crippen molar-refractivity contribution in [3.05, 3.63) is 46.1 Å². The molecular weight excluding hydrogens is 606 g/mol. The highest BCUT2D eigenvalue weighted by Gasteiger charge is 2.13. The molecule has 0 radical (unpaired) electrons. The summed E-state index contributed by atoms with van der Waals surface area (Å²) in [5.41, 5.74) is 0.964. The Balaban J connectivity index is 2.29. The van der Waals surface area contributed by atoms with Crippen LogP contribution in [0, 0.1) is 10.7 Å². The van der Waals surface area contributed by atoms with Crippen molar-refractivity contribution >= 4 is 91.0 Å². The zero-order chi connectivity index (χ0) is 14.0. The van der Waals surface area contributed by atoms with Gasteiger partial charge in [-0.05, 0) is 79.9 Å². The first-order valence-corrected chi connectivity index (χ1v) is 8.52. The smallest absolute Gasteiger partial charge is 0.275 e. The zero-order valence-corrected chi connectivity index (χ0v) is 16.4. The van der Waals surface area contributed by atoms with Crippen molar-refractivity contribution in [2.75, 3.05) is 5.32 Å². The van der Waals surface area contributed by atoms with Crippen LogP contribution in [0.25, 0.3) is 0 Å². The van der Waals surface area contributed by atoms with E-state index in [4.69, 9.17) is 11.6 Å². The quantitative estimate of drug-likeness (QED) is 0.519. The minimum atomic E-state index is -0.327. The third kappa shape index (κ3) is 4.11. The van der Waals surface area contributed by atoms with E-state index in [9.17, 15) is 4.79 Å². The van der Waals surface area contributed by atoms with Gasteiger partial charge in [-0.25, -0.2) is 4.98 Å². The van der Waals surface area contributed by atoms with Gasteiger partial charge in [0.1, 0.15) is 10.8 Å². The Hall–Kier alpha value is 0.250. The number of carbonyl (C=O) groups is 1. The number of rotatable bonds is 2. The minimum absolute atomic E-state index is 0.192. The summed E-state index contributed by atoms with van der Waals surface area (Å²) in [6, 6.07) is 3.98. The number of anilines is 1. The summed E-state index contributed by atoms with van der Waals surface area (Å²) in [6.07, 6.45) is 2.77. The lowest BCUT2D eigenvalue weighted by Crippen LogP contribution is -2.16. The lowest BCUT2D eigenvalue weighted by Gasteiger charge is -2.10. The summed E-state index contributed by atoms with van der Waals surface area (Å²) >= 11 is 12.3. The predicted molar refractivity (Wildman–Crippen MR) is 99.6 cm³/mol. The number of hydrogen-bond acceptors (Lipinski definition) is 3. The van der Waals surface area contributed by atoms with E-state index in [0.29, 0.717) is 0 Å². The van der Waals surface area contributed by atoms with Crippen molar-refractivity contribution in [2.24, 2.45) is 0 Å². The highest BCUT2D eigenvalue weighted by atomic mass is 127. The molecule has 0 unspecified atom stereocenters. The summed E-state index contributed by atoms with van der Waals surface area (Å²) in [7, 11) is 0. The number of carbonyl (C=O) groups excluding carboxylic acids is 1. The molecule has 1 aromatic heterocycles. The van der Waals surface area contributed by atoms with Gasteiger partial charge >= 0.3 is 0 Å². The molecular formula is C11H5ClI3N3O. The molecule has 4 nitrogen and oxygen atoms in total. The van der Waals surface area contributed by atoms with Crippen molar-refractivity contribution in [3.8, 4) is 0 Å². The number of halogens is 4. The van der Waals surface area contributed by atoms with Crippen LogP contribution in [0.15, 0.2) is 24.5 Å². The lowest BCUT2D eigenvalue weighted by molar-refractivity contribution is 0.102. The second-order valence-electron chi connectivity index (χ2n) is 3.43. The Morgan fingerprint density at radius 3 is 2.37 bits per heavy atom. The van der Waals surface area contributed by atoms with Crippen LogP contribution in [-0.4, -0.2) is 15.9 Å². The molecule has 1 aromatic carbocycles. The molecule has 0 atom stereocenters. The minimum Gasteiger partial charge on any atom is -0.319 e. The molecule has 0 aliphatic heterocycles. The highest BCUT2D eigenvalue weighted by molar-refractivity contribution is 14.1. The molecule has 8 heteroatoms. The molecule has 1 heterocycles. The molecule has 2 rings (SSSR count). The Bertz CT molecular complexity index is 628. The molecule has 0 aliphatic rings. The lowest BCUT2D eigenvalue weighted by atomic mass is 10.3. The fraction of sp³-hybridized carbons (Fsp3) is 0. The van der Waals surface area contributed by atoms with E-state index >= 15 is 0 Å². The Morgan fingerprint density at radius 2 is 1.79 bits per heavy atom. The summed E-state index contributed by atoms with van der Waals surface area (Å²) in [5, 5.41) is 3.02. The van der Waals surface area contributed by atoms with E-state index in [1.165, 1.54) is 12.4 Å². The van der Waals surface area contributed by atoms with Gasteiger partial charge in [0.05, 0.1) is 18.1 Å². The highest BCUT2D eigenvalue weighted by Crippen LogP contribution is 2.27. The first-order chi connectivity index (χ1) is 8.97. The maximum absolute atomic E-state index is 12.1. The number of amides is 1. The number of benzene rings is 1. The molecule has 1 amide bonds. The van der Waals surface area contributed by atoms with Gasteiger partial charge in [-0.3, -0.25) is 9.78 Å². The first kappa shape index (κ1) is 15.6. The molecule has 0 bridgehead atoms. The number of nitrogens with zero attached hydrogens (tertiary/aromatic N) is 2. The number of aromatic nitrogens is 2. The van der Waals surface area contributed by atoms with Gasteiger partial charge in [0.25, 0.3) is 5.91 Å². The molecule has 0 spiro atoms. The fourth-order valence-electron chi connectivity index (χ4n) is 1.29. The summed E-state index contributed by atoms with van der Waals surface area (Å²) in [6.45, 7) is 0. The topological polar surface area (TPSA) is 54.9 Å². The van der Waals surface area contributed by atoms with Gasteiger partial charge in [0, 0.05) is 10.7 Å². The van der Waals surface area contributed by atoms with Gasteiger partial charge in [0.15, 0.2) is 0 Å². The van der Waals surface area contributed by atoms with Gasteiger partial charge in [-0.15, -0.1) is 0 Å². The van der Waals surface area contributed by atoms with E-state index in [-0.39, 0.29) is 16.8 Å². The van der Waals surface area contributed by atoms with Crippen LogP contribution >= 0.6 is 79.4 Å². The average molecular weight is 611 g/mol. The van der Waals surface area contributed by atoms with Crippen LogP contribution in [0.2, 0.25) is 5.15 Å². The fourth-order valence-corrected chi connectivity index (χ4v) is 5.29. The molecule has 0 aliphatic carbocycles. The molecule has 19 heavy (non-hydrogen) atoms. The van der Waals surface area contributed by atoms with Gasteiger partial charge in [-0.1, -0.05) is 11.6 Å². The maximum atomic E-state index is 12.1. The third-order valence-corrected chi connectivity index (χ3v) is 4.59. The second-order valence-corrected chi connectivity index (χ2v) is 7.38. The van der Waals surface area contributed by atoms with E-state index < -0.39 is 0 Å². The largest absolute Gasteiger partial charge is 0.319 e. The van der Waals surface area contributed by atoms with Crippen LogP contribution in [0.3, 0.4) is 0 Å². The van der Waals surface area contributed by atoms with Crippen LogP contribution in [0.5, 0.6) is 0 Å². The molecule has 0 saturated carbocycles. The van der Waals surface area contributed by atoms with Crippen LogP contribution in [-0.2, 0) is 0 Å². The standard InChI is InChI=1S/C11H5ClI3N3O/c12-9-4-16-3-8(17-9)11(19)18-10-6(14)1-5(13)2-7(10)15/h1-4H,(H,18,19). The van der Waals surface area contributed by atoms with Crippen molar-refractivity contribution in [1.82, 2.24) is 9.97 Å². The molecule has 1 N–H and O–H groups in total. The van der Waals surface area contributed by atoms with Gasteiger partial charge in [0.2, 0.25) is 0 Å². The van der Waals surface area contributed by atoms with Crippen molar-refractivity contribution in [3.63, 3.8) is 0 Å². The monoisotopic (exact) mass is 611 g/mol. The Labute approximate surface area is 155 Å². The van der Waals surface area contributed by atoms with Gasteiger partial charge in [-0.2, -0.15) is 0 Å². The summed E-state index contributed by atoms with van der Waals surface area (Å²) in [5.74, 6) is -0.327. The molecule has 0 saturated heterocycles. The number of nitrogens with one attached hydrogen (secondary N) is 1.